The fourth-order valence-corrected chi connectivity index (χ4v) is 3.26. The quantitative estimate of drug-likeness (QED) is 0.522. The first-order valence-electron chi connectivity index (χ1n) is 7.96. The van der Waals surface area contributed by atoms with Gasteiger partial charge in [-0.15, -0.1) is 0 Å². The summed E-state index contributed by atoms with van der Waals surface area (Å²) in [6, 6.07) is 26.1. The summed E-state index contributed by atoms with van der Waals surface area (Å²) < 4.78 is 2.42. The topological polar surface area (TPSA) is 8.17 Å². The van der Waals surface area contributed by atoms with Gasteiger partial charge in [-0.1, -0.05) is 48.5 Å². The Bertz CT molecular complexity index is 965. The lowest BCUT2D eigenvalue weighted by molar-refractivity contribution is 0.869. The Morgan fingerprint density at radius 2 is 1.43 bits per heavy atom. The smallest absolute Gasteiger partial charge is 0.0496 e. The van der Waals surface area contributed by atoms with Crippen molar-refractivity contribution in [3.63, 3.8) is 0 Å². The van der Waals surface area contributed by atoms with Crippen LogP contribution in [0.3, 0.4) is 0 Å². The summed E-state index contributed by atoms with van der Waals surface area (Å²) in [6.45, 7) is 0.895. The molecule has 0 aliphatic rings. The Kier molecular flexibility index (Phi) is 3.30. The zero-order chi connectivity index (χ0) is 15.8. The first-order chi connectivity index (χ1) is 11.2. The summed E-state index contributed by atoms with van der Waals surface area (Å²) in [4.78, 5) is 2.16. The van der Waals surface area contributed by atoms with Gasteiger partial charge in [-0.25, -0.2) is 0 Å². The molecule has 0 amide bonds. The van der Waals surface area contributed by atoms with E-state index in [1.807, 2.05) is 0 Å². The highest BCUT2D eigenvalue weighted by molar-refractivity contribution is 6.09. The number of anilines is 1. The lowest BCUT2D eigenvalue weighted by Gasteiger charge is -2.13. The van der Waals surface area contributed by atoms with E-state index in [0.29, 0.717) is 0 Å². The third kappa shape index (κ3) is 2.36. The SMILES string of the molecule is CN(C)c1ccc2c(c1)c1ccccc1n2Cc1ccccc1. The molecule has 114 valence electrons. The molecule has 4 rings (SSSR count). The first kappa shape index (κ1) is 13.9. The van der Waals surface area contributed by atoms with Crippen LogP contribution in [-0.4, -0.2) is 18.7 Å². The van der Waals surface area contributed by atoms with Crippen LogP contribution in [0.1, 0.15) is 5.56 Å². The molecule has 1 heterocycles. The van der Waals surface area contributed by atoms with E-state index in [0.717, 1.165) is 6.54 Å². The van der Waals surface area contributed by atoms with Crippen LogP contribution in [0, 0.1) is 0 Å². The van der Waals surface area contributed by atoms with Crippen LogP contribution in [0.4, 0.5) is 5.69 Å². The number of hydrogen-bond acceptors (Lipinski definition) is 1. The third-order valence-corrected chi connectivity index (χ3v) is 4.46. The second kappa shape index (κ2) is 5.47. The number of aromatic nitrogens is 1. The van der Waals surface area contributed by atoms with Crippen LogP contribution in [-0.2, 0) is 6.54 Å². The van der Waals surface area contributed by atoms with Gasteiger partial charge in [0.25, 0.3) is 0 Å². The lowest BCUT2D eigenvalue weighted by atomic mass is 10.1. The van der Waals surface area contributed by atoms with Crippen LogP contribution in [0.15, 0.2) is 72.8 Å². The van der Waals surface area contributed by atoms with Crippen molar-refractivity contribution in [3.05, 3.63) is 78.4 Å². The van der Waals surface area contributed by atoms with Gasteiger partial charge in [0, 0.05) is 48.1 Å². The monoisotopic (exact) mass is 300 g/mol. The molecule has 0 aliphatic carbocycles. The number of nitrogens with zero attached hydrogens (tertiary/aromatic N) is 2. The van der Waals surface area contributed by atoms with E-state index in [2.05, 4.69) is 96.4 Å². The van der Waals surface area contributed by atoms with Crippen LogP contribution in [0.5, 0.6) is 0 Å². The maximum absolute atomic E-state index is 2.42. The molecule has 0 aliphatic heterocycles. The highest BCUT2D eigenvalue weighted by atomic mass is 15.1. The molecule has 0 fully saturated rings. The molecular formula is C21H20N2. The number of hydrogen-bond donors (Lipinski definition) is 0. The van der Waals surface area contributed by atoms with E-state index >= 15 is 0 Å². The second-order valence-corrected chi connectivity index (χ2v) is 6.18. The summed E-state index contributed by atoms with van der Waals surface area (Å²) in [6.07, 6.45) is 0. The van der Waals surface area contributed by atoms with E-state index in [4.69, 9.17) is 0 Å². The molecule has 1 aromatic heterocycles. The molecule has 0 bridgehead atoms. The molecule has 2 heteroatoms. The maximum atomic E-state index is 2.42. The average molecular weight is 300 g/mol. The van der Waals surface area contributed by atoms with Gasteiger partial charge in [0.1, 0.15) is 0 Å². The number of para-hydroxylation sites is 1. The molecule has 0 saturated carbocycles. The second-order valence-electron chi connectivity index (χ2n) is 6.18. The molecule has 0 atom stereocenters. The van der Waals surface area contributed by atoms with Crippen molar-refractivity contribution in [1.82, 2.24) is 4.57 Å². The van der Waals surface area contributed by atoms with Crippen molar-refractivity contribution in [2.45, 2.75) is 6.54 Å². The fraction of sp³-hybridized carbons (Fsp3) is 0.143. The molecule has 3 aromatic carbocycles. The van der Waals surface area contributed by atoms with Gasteiger partial charge >= 0.3 is 0 Å². The van der Waals surface area contributed by atoms with Crippen molar-refractivity contribution >= 4 is 27.5 Å². The normalized spacial score (nSPS) is 11.2. The number of benzene rings is 3. The Morgan fingerprint density at radius 1 is 0.739 bits per heavy atom. The molecule has 0 radical (unpaired) electrons. The Hall–Kier alpha value is -2.74. The van der Waals surface area contributed by atoms with Gasteiger partial charge in [0.2, 0.25) is 0 Å². The van der Waals surface area contributed by atoms with E-state index in [1.165, 1.54) is 33.1 Å². The van der Waals surface area contributed by atoms with Crippen LogP contribution >= 0.6 is 0 Å². The predicted molar refractivity (Wildman–Crippen MR) is 99.3 cm³/mol. The Labute approximate surface area is 136 Å². The minimum atomic E-state index is 0.895. The van der Waals surface area contributed by atoms with Crippen LogP contribution < -0.4 is 4.90 Å². The highest BCUT2D eigenvalue weighted by Crippen LogP contribution is 2.32. The maximum Gasteiger partial charge on any atom is 0.0496 e. The third-order valence-electron chi connectivity index (χ3n) is 4.46. The molecule has 2 nitrogen and oxygen atoms in total. The van der Waals surface area contributed by atoms with Gasteiger partial charge in [-0.3, -0.25) is 0 Å². The number of fused-ring (bicyclic) bond motifs is 3. The molecule has 0 spiro atoms. The minimum absolute atomic E-state index is 0.895. The standard InChI is InChI=1S/C21H20N2/c1-22(2)17-12-13-21-19(14-17)18-10-6-7-11-20(18)23(21)15-16-8-4-3-5-9-16/h3-14H,15H2,1-2H3. The van der Waals surface area contributed by atoms with Crippen molar-refractivity contribution in [2.75, 3.05) is 19.0 Å². The average Bonchev–Trinajstić information content (AvgIpc) is 2.90. The van der Waals surface area contributed by atoms with Gasteiger partial charge in [-0.05, 0) is 29.8 Å². The van der Waals surface area contributed by atoms with Crippen LogP contribution in [0.25, 0.3) is 21.8 Å². The van der Waals surface area contributed by atoms with E-state index in [1.54, 1.807) is 0 Å². The molecular weight excluding hydrogens is 280 g/mol. The minimum Gasteiger partial charge on any atom is -0.378 e. The predicted octanol–water partition coefficient (Wildman–Crippen LogP) is 4.91. The zero-order valence-corrected chi connectivity index (χ0v) is 13.5. The lowest BCUT2D eigenvalue weighted by Crippen LogP contribution is -2.08. The summed E-state index contributed by atoms with van der Waals surface area (Å²) in [5, 5.41) is 2.64. The first-order valence-corrected chi connectivity index (χ1v) is 7.96. The Morgan fingerprint density at radius 3 is 2.22 bits per heavy atom. The van der Waals surface area contributed by atoms with Crippen molar-refractivity contribution < 1.29 is 0 Å². The molecule has 23 heavy (non-hydrogen) atoms. The van der Waals surface area contributed by atoms with E-state index in [-0.39, 0.29) is 0 Å². The summed E-state index contributed by atoms with van der Waals surface area (Å²) in [5.74, 6) is 0. The van der Waals surface area contributed by atoms with Gasteiger partial charge in [0.05, 0.1) is 0 Å². The molecule has 0 N–H and O–H groups in total. The zero-order valence-electron chi connectivity index (χ0n) is 13.5. The van der Waals surface area contributed by atoms with E-state index in [9.17, 15) is 0 Å². The highest BCUT2D eigenvalue weighted by Gasteiger charge is 2.11. The molecule has 4 aromatic rings. The summed E-state index contributed by atoms with van der Waals surface area (Å²) in [7, 11) is 4.18. The summed E-state index contributed by atoms with van der Waals surface area (Å²) in [5.41, 5.74) is 5.15. The molecule has 0 unspecified atom stereocenters. The van der Waals surface area contributed by atoms with E-state index < -0.39 is 0 Å². The number of rotatable bonds is 3. The van der Waals surface area contributed by atoms with Gasteiger partial charge < -0.3 is 9.47 Å². The van der Waals surface area contributed by atoms with Gasteiger partial charge in [0.15, 0.2) is 0 Å². The van der Waals surface area contributed by atoms with Crippen LogP contribution in [0.2, 0.25) is 0 Å². The van der Waals surface area contributed by atoms with Crippen molar-refractivity contribution in [3.8, 4) is 0 Å². The van der Waals surface area contributed by atoms with Crippen molar-refractivity contribution in [1.29, 1.82) is 0 Å². The fourth-order valence-electron chi connectivity index (χ4n) is 3.26. The Balaban J connectivity index is 1.97. The van der Waals surface area contributed by atoms with Gasteiger partial charge in [-0.2, -0.15) is 0 Å². The summed E-state index contributed by atoms with van der Waals surface area (Å²) >= 11 is 0. The largest absolute Gasteiger partial charge is 0.378 e. The van der Waals surface area contributed by atoms with Crippen molar-refractivity contribution in [2.24, 2.45) is 0 Å². The molecule has 0 saturated heterocycles.